The highest BCUT2D eigenvalue weighted by molar-refractivity contribution is 7.89. The van der Waals surface area contributed by atoms with Crippen molar-refractivity contribution in [2.24, 2.45) is 5.73 Å². The molecule has 1 atom stereocenters. The number of thiocarbonyl (C=S) groups is 1. The van der Waals surface area contributed by atoms with E-state index < -0.39 is 16.1 Å². The molecule has 1 aromatic heterocycles. The van der Waals surface area contributed by atoms with E-state index in [-0.39, 0.29) is 10.7 Å². The summed E-state index contributed by atoms with van der Waals surface area (Å²) >= 11 is 4.80. The lowest BCUT2D eigenvalue weighted by Gasteiger charge is -2.15. The average Bonchev–Trinajstić information content (AvgIpc) is 2.35. The molecule has 1 unspecified atom stereocenters. The first-order chi connectivity index (χ1) is 8.44. The molecule has 100 valence electrons. The summed E-state index contributed by atoms with van der Waals surface area (Å²) in [5.41, 5.74) is 6.39. The summed E-state index contributed by atoms with van der Waals surface area (Å²) in [7, 11) is -3.37. The zero-order valence-corrected chi connectivity index (χ0v) is 11.8. The molecule has 18 heavy (non-hydrogen) atoms. The molecule has 0 bridgehead atoms. The Hall–Kier alpha value is -1.05. The minimum Gasteiger partial charge on any atom is -0.392 e. The van der Waals surface area contributed by atoms with Crippen LogP contribution in [0.1, 0.15) is 18.9 Å². The van der Waals surface area contributed by atoms with E-state index in [4.69, 9.17) is 18.0 Å². The SMILES string of the molecule is CCC(NS(=O)(=O)CCc1ccncc1)C(N)=S. The molecule has 0 radical (unpaired) electrons. The summed E-state index contributed by atoms with van der Waals surface area (Å²) < 4.78 is 26.2. The van der Waals surface area contributed by atoms with Crippen molar-refractivity contribution < 1.29 is 8.42 Å². The molecule has 0 saturated heterocycles. The number of nitrogens with two attached hydrogens (primary N) is 1. The first kappa shape index (κ1) is 15.0. The molecule has 0 aliphatic heterocycles. The third-order valence-electron chi connectivity index (χ3n) is 2.48. The minimum absolute atomic E-state index is 0.0100. The molecule has 1 aromatic rings. The van der Waals surface area contributed by atoms with Crippen LogP contribution in [0, 0.1) is 0 Å². The molecule has 5 nitrogen and oxygen atoms in total. The fourth-order valence-corrected chi connectivity index (χ4v) is 3.07. The monoisotopic (exact) mass is 287 g/mol. The largest absolute Gasteiger partial charge is 0.392 e. The van der Waals surface area contributed by atoms with E-state index in [2.05, 4.69) is 9.71 Å². The van der Waals surface area contributed by atoms with E-state index in [9.17, 15) is 8.42 Å². The molecule has 1 heterocycles. The summed E-state index contributed by atoms with van der Waals surface area (Å²) in [6.45, 7) is 1.83. The first-order valence-electron chi connectivity index (χ1n) is 5.63. The van der Waals surface area contributed by atoms with Gasteiger partial charge in [-0.1, -0.05) is 19.1 Å². The molecule has 1 rings (SSSR count). The number of pyridine rings is 1. The highest BCUT2D eigenvalue weighted by Gasteiger charge is 2.18. The predicted molar refractivity (Wildman–Crippen MR) is 75.7 cm³/mol. The van der Waals surface area contributed by atoms with Crippen molar-refractivity contribution >= 4 is 27.2 Å². The van der Waals surface area contributed by atoms with Gasteiger partial charge in [-0.2, -0.15) is 0 Å². The topological polar surface area (TPSA) is 85.1 Å². The Morgan fingerprint density at radius 3 is 2.61 bits per heavy atom. The second kappa shape index (κ2) is 6.77. The zero-order valence-electron chi connectivity index (χ0n) is 10.2. The highest BCUT2D eigenvalue weighted by Crippen LogP contribution is 2.02. The fraction of sp³-hybridized carbons (Fsp3) is 0.455. The van der Waals surface area contributed by atoms with Gasteiger partial charge in [0.05, 0.1) is 16.8 Å². The second-order valence-electron chi connectivity index (χ2n) is 3.91. The number of hydrogen-bond donors (Lipinski definition) is 2. The molecule has 0 spiro atoms. The predicted octanol–water partition coefficient (Wildman–Crippen LogP) is 0.608. The van der Waals surface area contributed by atoms with E-state index in [1.54, 1.807) is 24.5 Å². The van der Waals surface area contributed by atoms with Gasteiger partial charge < -0.3 is 5.73 Å². The van der Waals surface area contributed by atoms with Gasteiger partial charge in [-0.3, -0.25) is 4.98 Å². The van der Waals surface area contributed by atoms with Crippen molar-refractivity contribution in [1.82, 2.24) is 9.71 Å². The zero-order chi connectivity index (χ0) is 13.6. The quantitative estimate of drug-likeness (QED) is 0.718. The van der Waals surface area contributed by atoms with Crippen LogP contribution in [-0.4, -0.2) is 30.2 Å². The van der Waals surface area contributed by atoms with Gasteiger partial charge in [-0.25, -0.2) is 13.1 Å². The Morgan fingerprint density at radius 1 is 1.50 bits per heavy atom. The fourth-order valence-electron chi connectivity index (χ4n) is 1.42. The number of hydrogen-bond acceptors (Lipinski definition) is 4. The van der Waals surface area contributed by atoms with Gasteiger partial charge in [0.15, 0.2) is 0 Å². The maximum absolute atomic E-state index is 11.8. The van der Waals surface area contributed by atoms with Gasteiger partial charge >= 0.3 is 0 Å². The van der Waals surface area contributed by atoms with E-state index in [0.717, 1.165) is 5.56 Å². The van der Waals surface area contributed by atoms with Crippen LogP contribution in [-0.2, 0) is 16.4 Å². The van der Waals surface area contributed by atoms with Crippen LogP contribution in [0.3, 0.4) is 0 Å². The third kappa shape index (κ3) is 5.07. The summed E-state index contributed by atoms with van der Waals surface area (Å²) in [5, 5.41) is 0. The summed E-state index contributed by atoms with van der Waals surface area (Å²) in [6, 6.07) is 3.11. The first-order valence-corrected chi connectivity index (χ1v) is 7.69. The third-order valence-corrected chi connectivity index (χ3v) is 4.15. The van der Waals surface area contributed by atoms with Crippen LogP contribution in [0.2, 0.25) is 0 Å². The van der Waals surface area contributed by atoms with Gasteiger partial charge in [0, 0.05) is 12.4 Å². The van der Waals surface area contributed by atoms with Crippen molar-refractivity contribution in [3.63, 3.8) is 0 Å². The maximum atomic E-state index is 11.8. The molecule has 0 aromatic carbocycles. The molecular formula is C11H17N3O2S2. The van der Waals surface area contributed by atoms with E-state index >= 15 is 0 Å². The Bertz CT molecular complexity index is 488. The van der Waals surface area contributed by atoms with Crippen molar-refractivity contribution in [3.8, 4) is 0 Å². The lowest BCUT2D eigenvalue weighted by Crippen LogP contribution is -2.44. The van der Waals surface area contributed by atoms with E-state index in [1.165, 1.54) is 0 Å². The van der Waals surface area contributed by atoms with Crippen LogP contribution < -0.4 is 10.5 Å². The molecule has 0 fully saturated rings. The molecule has 0 aliphatic carbocycles. The van der Waals surface area contributed by atoms with Gasteiger partial charge in [0.2, 0.25) is 10.0 Å². The summed E-state index contributed by atoms with van der Waals surface area (Å²) in [6.07, 6.45) is 4.26. The van der Waals surface area contributed by atoms with Gasteiger partial charge in [-0.05, 0) is 30.5 Å². The summed E-state index contributed by atoms with van der Waals surface area (Å²) in [5.74, 6) is 0.0100. The molecule has 0 amide bonds. The molecule has 7 heteroatoms. The van der Waals surface area contributed by atoms with Gasteiger partial charge in [0.1, 0.15) is 0 Å². The van der Waals surface area contributed by atoms with Crippen molar-refractivity contribution in [3.05, 3.63) is 30.1 Å². The highest BCUT2D eigenvalue weighted by atomic mass is 32.2. The number of rotatable bonds is 7. The Morgan fingerprint density at radius 2 is 2.11 bits per heavy atom. The molecule has 0 aliphatic rings. The van der Waals surface area contributed by atoms with Crippen LogP contribution in [0.4, 0.5) is 0 Å². The Balaban J connectivity index is 2.57. The minimum atomic E-state index is -3.37. The Kier molecular flexibility index (Phi) is 5.64. The summed E-state index contributed by atoms with van der Waals surface area (Å²) in [4.78, 5) is 4.05. The average molecular weight is 287 g/mol. The Labute approximate surface area is 113 Å². The van der Waals surface area contributed by atoms with Crippen LogP contribution in [0.15, 0.2) is 24.5 Å². The number of nitrogens with zero attached hydrogens (tertiary/aromatic N) is 1. The molecule has 0 saturated carbocycles. The van der Waals surface area contributed by atoms with Crippen molar-refractivity contribution in [2.45, 2.75) is 25.8 Å². The van der Waals surface area contributed by atoms with E-state index in [1.807, 2.05) is 6.92 Å². The molecule has 3 N–H and O–H groups in total. The van der Waals surface area contributed by atoms with Crippen LogP contribution in [0.5, 0.6) is 0 Å². The van der Waals surface area contributed by atoms with Gasteiger partial charge in [-0.15, -0.1) is 0 Å². The smallest absolute Gasteiger partial charge is 0.212 e. The van der Waals surface area contributed by atoms with Crippen LogP contribution in [0.25, 0.3) is 0 Å². The number of nitrogens with one attached hydrogen (secondary N) is 1. The standard InChI is InChI=1S/C11H17N3O2S2/c1-2-10(11(12)17)14-18(15,16)8-5-9-3-6-13-7-4-9/h3-4,6-7,10,14H,2,5,8H2,1H3,(H2,12,17). The maximum Gasteiger partial charge on any atom is 0.212 e. The lowest BCUT2D eigenvalue weighted by atomic mass is 10.2. The van der Waals surface area contributed by atoms with E-state index in [0.29, 0.717) is 12.8 Å². The van der Waals surface area contributed by atoms with Crippen molar-refractivity contribution in [2.75, 3.05) is 5.75 Å². The second-order valence-corrected chi connectivity index (χ2v) is 6.25. The lowest BCUT2D eigenvalue weighted by molar-refractivity contribution is 0.572. The van der Waals surface area contributed by atoms with Crippen molar-refractivity contribution in [1.29, 1.82) is 0 Å². The number of aryl methyl sites for hydroxylation is 1. The van der Waals surface area contributed by atoms with Crippen LogP contribution >= 0.6 is 12.2 Å². The molecular weight excluding hydrogens is 270 g/mol. The number of aromatic nitrogens is 1. The van der Waals surface area contributed by atoms with Gasteiger partial charge in [0.25, 0.3) is 0 Å². The normalized spacial score (nSPS) is 13.2. The number of sulfonamides is 1.